The number of hydrogen-bond donors (Lipinski definition) is 1. The van der Waals surface area contributed by atoms with Crippen LogP contribution in [0.5, 0.6) is 0 Å². The predicted molar refractivity (Wildman–Crippen MR) is 78.9 cm³/mol. The quantitative estimate of drug-likeness (QED) is 0.841. The lowest BCUT2D eigenvalue weighted by Crippen LogP contribution is -2.53. The maximum absolute atomic E-state index is 13.0. The van der Waals surface area contributed by atoms with Crippen LogP contribution in [-0.2, 0) is 4.79 Å². The molecule has 1 saturated heterocycles. The molecular formula is C17H28N2O. The van der Waals surface area contributed by atoms with Gasteiger partial charge in [0.15, 0.2) is 0 Å². The summed E-state index contributed by atoms with van der Waals surface area (Å²) < 4.78 is 0. The average molecular weight is 276 g/mol. The minimum absolute atomic E-state index is 0.386. The second kappa shape index (κ2) is 5.01. The fourth-order valence-electron chi connectivity index (χ4n) is 5.93. The molecule has 4 aliphatic carbocycles. The van der Waals surface area contributed by atoms with Crippen LogP contribution in [0.1, 0.15) is 44.9 Å². The second-order valence-corrected chi connectivity index (χ2v) is 7.96. The molecule has 0 unspecified atom stereocenters. The molecule has 3 heteroatoms. The van der Waals surface area contributed by atoms with Crippen LogP contribution in [0.15, 0.2) is 0 Å². The van der Waals surface area contributed by atoms with Crippen molar-refractivity contribution in [3.05, 3.63) is 0 Å². The topological polar surface area (TPSA) is 46.3 Å². The molecule has 0 aromatic rings. The summed E-state index contributed by atoms with van der Waals surface area (Å²) >= 11 is 0. The van der Waals surface area contributed by atoms with E-state index in [1.165, 1.54) is 32.1 Å². The van der Waals surface area contributed by atoms with Crippen LogP contribution in [0.3, 0.4) is 0 Å². The van der Waals surface area contributed by atoms with Gasteiger partial charge < -0.3 is 10.6 Å². The molecule has 1 aliphatic heterocycles. The van der Waals surface area contributed by atoms with Crippen molar-refractivity contribution in [2.75, 3.05) is 19.6 Å². The number of carbonyl (C=O) groups excluding carboxylic acids is 1. The SMILES string of the molecule is NCC1CCN(C(=O)C2C3CC4CC(C3)CC2C4)CC1. The number of hydrogen-bond acceptors (Lipinski definition) is 2. The summed E-state index contributed by atoms with van der Waals surface area (Å²) in [5.74, 6) is 4.93. The zero-order valence-corrected chi connectivity index (χ0v) is 12.5. The van der Waals surface area contributed by atoms with Gasteiger partial charge in [0.25, 0.3) is 0 Å². The van der Waals surface area contributed by atoms with Gasteiger partial charge in [-0.05, 0) is 81.1 Å². The van der Waals surface area contributed by atoms with E-state index in [1.807, 2.05) is 0 Å². The van der Waals surface area contributed by atoms with Gasteiger partial charge in [-0.25, -0.2) is 0 Å². The highest BCUT2D eigenvalue weighted by atomic mass is 16.2. The molecule has 0 atom stereocenters. The smallest absolute Gasteiger partial charge is 0.226 e. The fourth-order valence-corrected chi connectivity index (χ4v) is 5.93. The van der Waals surface area contributed by atoms with Gasteiger partial charge in [0.2, 0.25) is 5.91 Å². The Morgan fingerprint density at radius 2 is 1.50 bits per heavy atom. The highest BCUT2D eigenvalue weighted by Gasteiger charge is 2.51. The van der Waals surface area contributed by atoms with Crippen LogP contribution < -0.4 is 5.73 Å². The van der Waals surface area contributed by atoms with E-state index in [1.54, 1.807) is 0 Å². The Labute approximate surface area is 122 Å². The summed E-state index contributed by atoms with van der Waals surface area (Å²) in [5, 5.41) is 0. The summed E-state index contributed by atoms with van der Waals surface area (Å²) in [5.41, 5.74) is 5.76. The molecule has 5 aliphatic rings. The van der Waals surface area contributed by atoms with Gasteiger partial charge in [-0.2, -0.15) is 0 Å². The summed E-state index contributed by atoms with van der Waals surface area (Å²) in [6.45, 7) is 2.72. The van der Waals surface area contributed by atoms with E-state index in [-0.39, 0.29) is 0 Å². The summed E-state index contributed by atoms with van der Waals surface area (Å²) in [6.07, 6.45) is 9.11. The normalized spacial score (nSPS) is 44.0. The van der Waals surface area contributed by atoms with Gasteiger partial charge in [-0.3, -0.25) is 4.79 Å². The average Bonchev–Trinajstić information content (AvgIpc) is 2.46. The minimum atomic E-state index is 0.386. The maximum atomic E-state index is 13.0. The van der Waals surface area contributed by atoms with Gasteiger partial charge in [0.1, 0.15) is 0 Å². The molecule has 0 radical (unpaired) electrons. The highest BCUT2D eigenvalue weighted by Crippen LogP contribution is 2.56. The van der Waals surface area contributed by atoms with Gasteiger partial charge in [0, 0.05) is 19.0 Å². The highest BCUT2D eigenvalue weighted by molar-refractivity contribution is 5.80. The molecule has 20 heavy (non-hydrogen) atoms. The Balaban J connectivity index is 1.44. The third-order valence-corrected chi connectivity index (χ3v) is 6.77. The van der Waals surface area contributed by atoms with Crippen LogP contribution in [0.2, 0.25) is 0 Å². The number of nitrogens with zero attached hydrogens (tertiary/aromatic N) is 1. The number of piperidine rings is 1. The molecule has 4 saturated carbocycles. The van der Waals surface area contributed by atoms with Gasteiger partial charge in [-0.1, -0.05) is 0 Å². The predicted octanol–water partition coefficient (Wildman–Crippen LogP) is 2.26. The van der Waals surface area contributed by atoms with E-state index in [0.29, 0.717) is 17.7 Å². The number of rotatable bonds is 2. The van der Waals surface area contributed by atoms with E-state index in [0.717, 1.165) is 56.1 Å². The molecule has 1 amide bonds. The molecule has 0 aromatic heterocycles. The third-order valence-electron chi connectivity index (χ3n) is 6.77. The molecule has 4 bridgehead atoms. The zero-order chi connectivity index (χ0) is 13.7. The molecule has 5 rings (SSSR count). The van der Waals surface area contributed by atoms with Gasteiger partial charge in [-0.15, -0.1) is 0 Å². The molecule has 1 heterocycles. The zero-order valence-electron chi connectivity index (χ0n) is 12.5. The number of carbonyl (C=O) groups is 1. The van der Waals surface area contributed by atoms with Crippen molar-refractivity contribution < 1.29 is 4.79 Å². The Kier molecular flexibility index (Phi) is 3.29. The lowest BCUT2D eigenvalue weighted by molar-refractivity contribution is -0.150. The number of likely N-dealkylation sites (tertiary alicyclic amines) is 1. The Hall–Kier alpha value is -0.570. The monoisotopic (exact) mass is 276 g/mol. The largest absolute Gasteiger partial charge is 0.342 e. The van der Waals surface area contributed by atoms with E-state index >= 15 is 0 Å². The van der Waals surface area contributed by atoms with Gasteiger partial charge >= 0.3 is 0 Å². The van der Waals surface area contributed by atoms with E-state index in [2.05, 4.69) is 4.90 Å². The van der Waals surface area contributed by atoms with E-state index in [4.69, 9.17) is 5.73 Å². The Morgan fingerprint density at radius 3 is 2.00 bits per heavy atom. The first-order valence-corrected chi connectivity index (χ1v) is 8.73. The Morgan fingerprint density at radius 1 is 0.950 bits per heavy atom. The lowest BCUT2D eigenvalue weighted by Gasteiger charge is -2.54. The summed E-state index contributed by atoms with van der Waals surface area (Å²) in [4.78, 5) is 15.2. The first-order chi connectivity index (χ1) is 9.74. The molecule has 0 aromatic carbocycles. The molecule has 0 spiro atoms. The first kappa shape index (κ1) is 13.1. The van der Waals surface area contributed by atoms with Crippen molar-refractivity contribution in [2.24, 2.45) is 41.2 Å². The number of nitrogens with two attached hydrogens (primary N) is 1. The van der Waals surface area contributed by atoms with Crippen LogP contribution >= 0.6 is 0 Å². The van der Waals surface area contributed by atoms with Crippen LogP contribution in [0, 0.1) is 35.5 Å². The van der Waals surface area contributed by atoms with Crippen molar-refractivity contribution in [3.8, 4) is 0 Å². The van der Waals surface area contributed by atoms with E-state index in [9.17, 15) is 4.79 Å². The summed E-state index contributed by atoms with van der Waals surface area (Å²) in [7, 11) is 0. The second-order valence-electron chi connectivity index (χ2n) is 7.96. The molecule has 5 fully saturated rings. The molecule has 3 nitrogen and oxygen atoms in total. The van der Waals surface area contributed by atoms with Crippen LogP contribution in [0.4, 0.5) is 0 Å². The third kappa shape index (κ3) is 2.09. The molecule has 112 valence electrons. The van der Waals surface area contributed by atoms with Crippen LogP contribution in [-0.4, -0.2) is 30.4 Å². The number of amides is 1. The minimum Gasteiger partial charge on any atom is -0.342 e. The first-order valence-electron chi connectivity index (χ1n) is 8.73. The molecular weight excluding hydrogens is 248 g/mol. The van der Waals surface area contributed by atoms with Gasteiger partial charge in [0.05, 0.1) is 0 Å². The van der Waals surface area contributed by atoms with Crippen molar-refractivity contribution >= 4 is 5.91 Å². The van der Waals surface area contributed by atoms with Crippen molar-refractivity contribution in [2.45, 2.75) is 44.9 Å². The van der Waals surface area contributed by atoms with Crippen LogP contribution in [0.25, 0.3) is 0 Å². The van der Waals surface area contributed by atoms with E-state index < -0.39 is 0 Å². The Bertz CT molecular complexity index is 358. The standard InChI is InChI=1S/C17H28N2O/c18-10-11-1-3-19(4-2-11)17(20)16-14-6-12-5-13(8-14)9-15(16)7-12/h11-16H,1-10,18H2. The van der Waals surface area contributed by atoms with Crippen molar-refractivity contribution in [3.63, 3.8) is 0 Å². The maximum Gasteiger partial charge on any atom is 0.226 e. The van der Waals surface area contributed by atoms with Crippen molar-refractivity contribution in [1.29, 1.82) is 0 Å². The van der Waals surface area contributed by atoms with Crippen molar-refractivity contribution in [1.82, 2.24) is 4.90 Å². The summed E-state index contributed by atoms with van der Waals surface area (Å²) in [6, 6.07) is 0. The molecule has 2 N–H and O–H groups in total. The fraction of sp³-hybridized carbons (Fsp3) is 0.941. The lowest BCUT2D eigenvalue weighted by atomic mass is 9.51.